The second kappa shape index (κ2) is 5.31. The van der Waals surface area contributed by atoms with Crippen LogP contribution in [0.3, 0.4) is 0 Å². The Morgan fingerprint density at radius 3 is 3.05 bits per heavy atom. The largest absolute Gasteiger partial charge is 0.481 e. The van der Waals surface area contributed by atoms with E-state index < -0.39 is 0 Å². The van der Waals surface area contributed by atoms with Crippen LogP contribution in [0, 0.1) is 5.82 Å². The fourth-order valence-electron chi connectivity index (χ4n) is 2.46. The van der Waals surface area contributed by atoms with Crippen molar-refractivity contribution in [3.63, 3.8) is 0 Å². The molecule has 5 heteroatoms. The van der Waals surface area contributed by atoms with E-state index in [4.69, 9.17) is 4.74 Å². The van der Waals surface area contributed by atoms with Gasteiger partial charge in [-0.25, -0.2) is 14.2 Å². The Hall–Kier alpha value is -2.78. The third-order valence-electron chi connectivity index (χ3n) is 3.41. The van der Waals surface area contributed by atoms with E-state index in [2.05, 4.69) is 9.98 Å². The van der Waals surface area contributed by atoms with Gasteiger partial charge in [0.1, 0.15) is 5.82 Å². The molecule has 4 nitrogen and oxygen atoms in total. The zero-order chi connectivity index (χ0) is 14.8. The van der Waals surface area contributed by atoms with Gasteiger partial charge in [0.2, 0.25) is 12.0 Å². The van der Waals surface area contributed by atoms with E-state index in [1.165, 1.54) is 13.2 Å². The lowest BCUT2D eigenvalue weighted by Crippen LogP contribution is -1.94. The summed E-state index contributed by atoms with van der Waals surface area (Å²) < 4.78 is 19.3. The summed E-state index contributed by atoms with van der Waals surface area (Å²) in [6.45, 7) is 0. The first-order chi connectivity index (χ1) is 10.2. The molecule has 0 N–H and O–H groups in total. The quantitative estimate of drug-likeness (QED) is 0.640. The molecule has 1 aromatic heterocycles. The predicted octanol–water partition coefficient (Wildman–Crippen LogP) is 3.43. The van der Waals surface area contributed by atoms with Crippen LogP contribution in [0.5, 0.6) is 5.88 Å². The lowest BCUT2D eigenvalue weighted by Gasteiger charge is -2.11. The maximum Gasteiger partial charge on any atom is 0.240 e. The third-order valence-corrected chi connectivity index (χ3v) is 3.41. The first-order valence-corrected chi connectivity index (χ1v) is 6.35. The number of rotatable bonds is 3. The van der Waals surface area contributed by atoms with Gasteiger partial charge in [0.15, 0.2) is 0 Å². The number of allylic oxidation sites excluding steroid dienone is 1. The number of halogens is 1. The Labute approximate surface area is 120 Å². The molecular weight excluding hydrogens is 271 g/mol. The molecule has 1 aromatic carbocycles. The van der Waals surface area contributed by atoms with Crippen molar-refractivity contribution in [3.05, 3.63) is 47.4 Å². The monoisotopic (exact) mass is 282 g/mol. The summed E-state index contributed by atoms with van der Waals surface area (Å²) in [7, 11) is 1.50. The number of fused-ring (bicyclic) bond motifs is 1. The van der Waals surface area contributed by atoms with Crippen LogP contribution >= 0.6 is 0 Å². The second-order valence-electron chi connectivity index (χ2n) is 4.54. The standard InChI is InChI=1S/C16H11FN2O2/c1-21-15-7-10(5-6-18-15)13-8-14(17)11-3-2-4-12(11)16(13)19-9-20/h2,4-8H,3H2,1H3. The number of aromatic nitrogens is 1. The molecule has 0 bridgehead atoms. The Balaban J connectivity index is 2.28. The summed E-state index contributed by atoms with van der Waals surface area (Å²) in [4.78, 5) is 18.5. The minimum atomic E-state index is -0.314. The molecule has 0 atom stereocenters. The highest BCUT2D eigenvalue weighted by molar-refractivity contribution is 5.87. The van der Waals surface area contributed by atoms with Crippen LogP contribution in [0.2, 0.25) is 0 Å². The number of hydrogen-bond acceptors (Lipinski definition) is 4. The fraction of sp³-hybridized carbons (Fsp3) is 0.125. The molecule has 0 aliphatic heterocycles. The van der Waals surface area contributed by atoms with Crippen LogP contribution in [-0.2, 0) is 11.2 Å². The van der Waals surface area contributed by atoms with E-state index in [9.17, 15) is 9.18 Å². The topological polar surface area (TPSA) is 51.5 Å². The summed E-state index contributed by atoms with van der Waals surface area (Å²) in [6, 6.07) is 4.77. The minimum absolute atomic E-state index is 0.314. The molecule has 0 unspecified atom stereocenters. The summed E-state index contributed by atoms with van der Waals surface area (Å²) >= 11 is 0. The molecule has 0 saturated heterocycles. The van der Waals surface area contributed by atoms with Gasteiger partial charge in [-0.1, -0.05) is 12.2 Å². The Kier molecular flexibility index (Phi) is 3.34. The molecule has 1 aliphatic rings. The first-order valence-electron chi connectivity index (χ1n) is 6.35. The van der Waals surface area contributed by atoms with Crippen molar-refractivity contribution >= 4 is 17.8 Å². The van der Waals surface area contributed by atoms with Gasteiger partial charge in [-0.3, -0.25) is 0 Å². The van der Waals surface area contributed by atoms with Crippen LogP contribution in [-0.4, -0.2) is 18.2 Å². The lowest BCUT2D eigenvalue weighted by molar-refractivity contribution is 0.398. The molecule has 3 rings (SSSR count). The highest BCUT2D eigenvalue weighted by atomic mass is 19.1. The van der Waals surface area contributed by atoms with E-state index in [0.717, 1.165) is 0 Å². The van der Waals surface area contributed by atoms with Gasteiger partial charge in [-0.05, 0) is 24.1 Å². The maximum absolute atomic E-state index is 14.2. The Morgan fingerprint density at radius 1 is 1.43 bits per heavy atom. The summed E-state index contributed by atoms with van der Waals surface area (Å²) in [5.41, 5.74) is 2.79. The third kappa shape index (κ3) is 2.24. The fourth-order valence-corrected chi connectivity index (χ4v) is 2.46. The van der Waals surface area contributed by atoms with Gasteiger partial charge in [-0.2, -0.15) is 4.99 Å². The van der Waals surface area contributed by atoms with E-state index >= 15 is 0 Å². The zero-order valence-electron chi connectivity index (χ0n) is 11.3. The highest BCUT2D eigenvalue weighted by Gasteiger charge is 2.20. The molecule has 1 aliphatic carbocycles. The number of isocyanates is 1. The maximum atomic E-state index is 14.2. The average Bonchev–Trinajstić information content (AvgIpc) is 3.00. The van der Waals surface area contributed by atoms with E-state index in [1.807, 2.05) is 6.08 Å². The molecule has 0 fully saturated rings. The first kappa shape index (κ1) is 13.2. The molecular formula is C16H11FN2O2. The van der Waals surface area contributed by atoms with Crippen molar-refractivity contribution in [1.82, 2.24) is 4.98 Å². The lowest BCUT2D eigenvalue weighted by atomic mass is 9.97. The summed E-state index contributed by atoms with van der Waals surface area (Å²) in [6.07, 6.45) is 7.22. The molecule has 21 heavy (non-hydrogen) atoms. The van der Waals surface area contributed by atoms with Crippen molar-refractivity contribution in [2.45, 2.75) is 6.42 Å². The number of benzene rings is 1. The minimum Gasteiger partial charge on any atom is -0.481 e. The van der Waals surface area contributed by atoms with Crippen molar-refractivity contribution in [1.29, 1.82) is 0 Å². The molecule has 0 amide bonds. The number of nitrogens with zero attached hydrogens (tertiary/aromatic N) is 2. The normalized spacial score (nSPS) is 11.9. The number of methoxy groups -OCH3 is 1. The van der Waals surface area contributed by atoms with Gasteiger partial charge in [-0.15, -0.1) is 0 Å². The van der Waals surface area contributed by atoms with E-state index in [1.54, 1.807) is 30.5 Å². The van der Waals surface area contributed by atoms with Crippen LogP contribution < -0.4 is 4.74 Å². The van der Waals surface area contributed by atoms with Gasteiger partial charge in [0.05, 0.1) is 12.8 Å². The number of hydrogen-bond donors (Lipinski definition) is 0. The van der Waals surface area contributed by atoms with Crippen molar-refractivity contribution < 1.29 is 13.9 Å². The van der Waals surface area contributed by atoms with Gasteiger partial charge >= 0.3 is 0 Å². The average molecular weight is 282 g/mol. The highest BCUT2D eigenvalue weighted by Crippen LogP contribution is 2.40. The number of carbonyl (C=O) groups excluding carboxylic acids is 1. The van der Waals surface area contributed by atoms with Gasteiger partial charge in [0, 0.05) is 29.0 Å². The molecule has 2 aromatic rings. The Morgan fingerprint density at radius 2 is 2.29 bits per heavy atom. The van der Waals surface area contributed by atoms with Crippen molar-refractivity contribution in [2.24, 2.45) is 4.99 Å². The number of ether oxygens (including phenoxy) is 1. The van der Waals surface area contributed by atoms with E-state index in [-0.39, 0.29) is 5.82 Å². The Bertz CT molecular complexity index is 793. The number of aliphatic imine (C=N–C) groups is 1. The second-order valence-corrected chi connectivity index (χ2v) is 4.54. The summed E-state index contributed by atoms with van der Waals surface area (Å²) in [5, 5.41) is 0. The zero-order valence-corrected chi connectivity index (χ0v) is 11.3. The van der Waals surface area contributed by atoms with Gasteiger partial charge < -0.3 is 4.74 Å². The van der Waals surface area contributed by atoms with Crippen molar-refractivity contribution in [3.8, 4) is 17.0 Å². The molecule has 0 saturated carbocycles. The van der Waals surface area contributed by atoms with Crippen LogP contribution in [0.4, 0.5) is 10.1 Å². The summed E-state index contributed by atoms with van der Waals surface area (Å²) in [5.74, 6) is 0.0932. The van der Waals surface area contributed by atoms with Crippen LogP contribution in [0.25, 0.3) is 17.2 Å². The smallest absolute Gasteiger partial charge is 0.240 e. The molecule has 1 heterocycles. The SMILES string of the molecule is COc1cc(-c2cc(F)c3c(c2N=C=O)C=CC3)ccn1. The van der Waals surface area contributed by atoms with Gasteiger partial charge in [0.25, 0.3) is 0 Å². The van der Waals surface area contributed by atoms with E-state index in [0.29, 0.717) is 40.2 Å². The molecule has 104 valence electrons. The molecule has 0 spiro atoms. The predicted molar refractivity (Wildman–Crippen MR) is 76.7 cm³/mol. The van der Waals surface area contributed by atoms with Crippen LogP contribution in [0.15, 0.2) is 35.5 Å². The molecule has 0 radical (unpaired) electrons. The van der Waals surface area contributed by atoms with Crippen LogP contribution in [0.1, 0.15) is 11.1 Å². The van der Waals surface area contributed by atoms with Crippen molar-refractivity contribution in [2.75, 3.05) is 7.11 Å². The number of pyridine rings is 1.